The molecule has 4 heteroatoms. The van der Waals surface area contributed by atoms with Gasteiger partial charge in [0.25, 0.3) is 0 Å². The number of hydrogen-bond acceptors (Lipinski definition) is 3. The first kappa shape index (κ1) is 14.8. The minimum atomic E-state index is 0.158. The number of thioether (sulfide) groups is 1. The molecule has 0 saturated carbocycles. The van der Waals surface area contributed by atoms with E-state index in [9.17, 15) is 4.79 Å². The van der Waals surface area contributed by atoms with Gasteiger partial charge in [-0.15, -0.1) is 0 Å². The summed E-state index contributed by atoms with van der Waals surface area (Å²) in [5, 5.41) is 7.77. The Labute approximate surface area is 97.2 Å². The van der Waals surface area contributed by atoms with E-state index >= 15 is 0 Å². The van der Waals surface area contributed by atoms with E-state index in [1.54, 1.807) is 0 Å². The van der Waals surface area contributed by atoms with E-state index in [1.807, 2.05) is 30.5 Å². The standard InChI is InChI=1S/C10H19NOS.CH4O/c1-8(2)10(12)11-6-4-9(13-3)5-7-11;1-2/h8-9H,4-7H2,1-3H3;2H,1H3. The molecule has 1 heterocycles. The van der Waals surface area contributed by atoms with Gasteiger partial charge in [-0.05, 0) is 19.1 Å². The Kier molecular flexibility index (Phi) is 7.88. The van der Waals surface area contributed by atoms with Gasteiger partial charge in [0.2, 0.25) is 5.91 Å². The van der Waals surface area contributed by atoms with E-state index in [0.29, 0.717) is 5.91 Å². The number of nitrogens with zero attached hydrogens (tertiary/aromatic N) is 1. The molecular weight excluding hydrogens is 210 g/mol. The largest absolute Gasteiger partial charge is 0.400 e. The fourth-order valence-corrected chi connectivity index (χ4v) is 2.36. The van der Waals surface area contributed by atoms with E-state index in [2.05, 4.69) is 6.26 Å². The van der Waals surface area contributed by atoms with E-state index < -0.39 is 0 Å². The van der Waals surface area contributed by atoms with E-state index in [0.717, 1.165) is 25.4 Å². The second kappa shape index (κ2) is 7.99. The number of rotatable bonds is 2. The molecule has 0 aromatic rings. The van der Waals surface area contributed by atoms with Crippen molar-refractivity contribution in [3.05, 3.63) is 0 Å². The second-order valence-electron chi connectivity index (χ2n) is 3.92. The van der Waals surface area contributed by atoms with Gasteiger partial charge in [-0.1, -0.05) is 13.8 Å². The molecule has 3 nitrogen and oxygen atoms in total. The first-order chi connectivity index (χ1) is 7.15. The smallest absolute Gasteiger partial charge is 0.225 e. The van der Waals surface area contributed by atoms with Gasteiger partial charge in [0.15, 0.2) is 0 Å². The zero-order valence-corrected chi connectivity index (χ0v) is 11.0. The molecule has 0 atom stereocenters. The van der Waals surface area contributed by atoms with Gasteiger partial charge in [0, 0.05) is 31.4 Å². The Morgan fingerprint density at radius 2 is 1.80 bits per heavy atom. The van der Waals surface area contributed by atoms with E-state index in [1.165, 1.54) is 12.8 Å². The molecular formula is C11H23NO2S. The lowest BCUT2D eigenvalue weighted by Crippen LogP contribution is -2.41. The quantitative estimate of drug-likeness (QED) is 0.787. The predicted molar refractivity (Wildman–Crippen MR) is 66.1 cm³/mol. The molecule has 0 spiro atoms. The van der Waals surface area contributed by atoms with Crippen LogP contribution in [0.1, 0.15) is 26.7 Å². The summed E-state index contributed by atoms with van der Waals surface area (Å²) < 4.78 is 0. The molecule has 0 aromatic carbocycles. The predicted octanol–water partition coefficient (Wildman–Crippen LogP) is 1.60. The molecule has 1 saturated heterocycles. The van der Waals surface area contributed by atoms with Crippen molar-refractivity contribution in [2.24, 2.45) is 5.92 Å². The molecule has 1 rings (SSSR count). The summed E-state index contributed by atoms with van der Waals surface area (Å²) in [7, 11) is 1.00. The minimum absolute atomic E-state index is 0.158. The molecule has 1 aliphatic heterocycles. The van der Waals surface area contributed by atoms with Gasteiger partial charge in [-0.2, -0.15) is 11.8 Å². The maximum atomic E-state index is 11.6. The molecule has 1 aliphatic rings. The van der Waals surface area contributed by atoms with Crippen LogP contribution in [0.3, 0.4) is 0 Å². The van der Waals surface area contributed by atoms with Gasteiger partial charge in [0.1, 0.15) is 0 Å². The van der Waals surface area contributed by atoms with Crippen molar-refractivity contribution in [2.75, 3.05) is 26.5 Å². The minimum Gasteiger partial charge on any atom is -0.400 e. The molecule has 0 bridgehead atoms. The highest BCUT2D eigenvalue weighted by Gasteiger charge is 2.23. The van der Waals surface area contributed by atoms with Crippen LogP contribution in [0, 0.1) is 5.92 Å². The summed E-state index contributed by atoms with van der Waals surface area (Å²) in [5.41, 5.74) is 0. The summed E-state index contributed by atoms with van der Waals surface area (Å²) >= 11 is 1.93. The Morgan fingerprint density at radius 3 is 2.13 bits per heavy atom. The zero-order valence-electron chi connectivity index (χ0n) is 10.2. The first-order valence-electron chi connectivity index (χ1n) is 5.41. The maximum absolute atomic E-state index is 11.6. The van der Waals surface area contributed by atoms with Gasteiger partial charge in [-0.3, -0.25) is 4.79 Å². The summed E-state index contributed by atoms with van der Waals surface area (Å²) in [6, 6.07) is 0. The average Bonchev–Trinajstić information content (AvgIpc) is 2.31. The fourth-order valence-electron chi connectivity index (χ4n) is 1.68. The van der Waals surface area contributed by atoms with Crippen LogP contribution in [0.25, 0.3) is 0 Å². The van der Waals surface area contributed by atoms with Gasteiger partial charge >= 0.3 is 0 Å². The monoisotopic (exact) mass is 233 g/mol. The highest BCUT2D eigenvalue weighted by molar-refractivity contribution is 7.99. The van der Waals surface area contributed by atoms with Crippen LogP contribution in [-0.4, -0.2) is 47.6 Å². The van der Waals surface area contributed by atoms with Crippen molar-refractivity contribution in [3.63, 3.8) is 0 Å². The Balaban J connectivity index is 0.000000921. The SMILES string of the molecule is CO.CSC1CCN(C(=O)C(C)C)CC1. The number of hydrogen-bond donors (Lipinski definition) is 1. The number of carbonyl (C=O) groups is 1. The van der Waals surface area contributed by atoms with E-state index in [-0.39, 0.29) is 5.92 Å². The molecule has 0 aromatic heterocycles. The zero-order chi connectivity index (χ0) is 11.8. The molecule has 0 aliphatic carbocycles. The Bertz CT molecular complexity index is 177. The van der Waals surface area contributed by atoms with Crippen LogP contribution >= 0.6 is 11.8 Å². The molecule has 90 valence electrons. The highest BCUT2D eigenvalue weighted by Crippen LogP contribution is 2.21. The first-order valence-corrected chi connectivity index (χ1v) is 6.70. The third kappa shape index (κ3) is 4.89. The second-order valence-corrected chi connectivity index (χ2v) is 5.05. The van der Waals surface area contributed by atoms with Crippen LogP contribution < -0.4 is 0 Å². The van der Waals surface area contributed by atoms with Crippen molar-refractivity contribution in [3.8, 4) is 0 Å². The van der Waals surface area contributed by atoms with Crippen molar-refractivity contribution in [2.45, 2.75) is 31.9 Å². The molecule has 0 radical (unpaired) electrons. The van der Waals surface area contributed by atoms with Crippen molar-refractivity contribution in [1.82, 2.24) is 4.90 Å². The Morgan fingerprint density at radius 1 is 1.33 bits per heavy atom. The number of amides is 1. The van der Waals surface area contributed by atoms with Gasteiger partial charge in [-0.25, -0.2) is 0 Å². The van der Waals surface area contributed by atoms with Crippen LogP contribution in [0.2, 0.25) is 0 Å². The molecule has 1 amide bonds. The lowest BCUT2D eigenvalue weighted by atomic mass is 10.1. The van der Waals surface area contributed by atoms with Crippen LogP contribution in [0.5, 0.6) is 0 Å². The lowest BCUT2D eigenvalue weighted by Gasteiger charge is -2.32. The third-order valence-electron chi connectivity index (χ3n) is 2.58. The van der Waals surface area contributed by atoms with E-state index in [4.69, 9.17) is 5.11 Å². The number of likely N-dealkylation sites (tertiary alicyclic amines) is 1. The van der Waals surface area contributed by atoms with Crippen LogP contribution in [-0.2, 0) is 4.79 Å². The van der Waals surface area contributed by atoms with Crippen LogP contribution in [0.15, 0.2) is 0 Å². The average molecular weight is 233 g/mol. The van der Waals surface area contributed by atoms with Crippen molar-refractivity contribution in [1.29, 1.82) is 0 Å². The lowest BCUT2D eigenvalue weighted by molar-refractivity contribution is -0.135. The number of piperidine rings is 1. The number of aliphatic hydroxyl groups excluding tert-OH is 1. The Hall–Kier alpha value is -0.220. The number of carbonyl (C=O) groups excluding carboxylic acids is 1. The molecule has 0 unspecified atom stereocenters. The number of aliphatic hydroxyl groups is 1. The maximum Gasteiger partial charge on any atom is 0.225 e. The summed E-state index contributed by atoms with van der Waals surface area (Å²) in [5.74, 6) is 0.477. The third-order valence-corrected chi connectivity index (χ3v) is 3.72. The van der Waals surface area contributed by atoms with Gasteiger partial charge < -0.3 is 10.0 Å². The van der Waals surface area contributed by atoms with Gasteiger partial charge in [0.05, 0.1) is 0 Å². The fraction of sp³-hybridized carbons (Fsp3) is 0.909. The summed E-state index contributed by atoms with van der Waals surface area (Å²) in [6.07, 6.45) is 4.49. The normalized spacial score (nSPS) is 17.3. The topological polar surface area (TPSA) is 40.5 Å². The summed E-state index contributed by atoms with van der Waals surface area (Å²) in [6.45, 7) is 5.87. The summed E-state index contributed by atoms with van der Waals surface area (Å²) in [4.78, 5) is 13.6. The molecule has 1 N–H and O–H groups in total. The van der Waals surface area contributed by atoms with Crippen molar-refractivity contribution < 1.29 is 9.90 Å². The molecule has 1 fully saturated rings. The van der Waals surface area contributed by atoms with Crippen molar-refractivity contribution >= 4 is 17.7 Å². The molecule has 15 heavy (non-hydrogen) atoms. The highest BCUT2D eigenvalue weighted by atomic mass is 32.2. The van der Waals surface area contributed by atoms with Crippen LogP contribution in [0.4, 0.5) is 0 Å².